The number of thiophene rings is 1. The quantitative estimate of drug-likeness (QED) is 0.731. The Kier molecular flexibility index (Phi) is 6.37. The molecule has 0 fully saturated rings. The van der Waals surface area contributed by atoms with E-state index in [9.17, 15) is 0 Å². The summed E-state index contributed by atoms with van der Waals surface area (Å²) in [4.78, 5) is 1.42. The summed E-state index contributed by atoms with van der Waals surface area (Å²) in [6.07, 6.45) is 3.95. The number of hydrogen-bond donors (Lipinski definition) is 1. The normalized spacial score (nSPS) is 15.1. The lowest BCUT2D eigenvalue weighted by molar-refractivity contribution is 0.724. The van der Waals surface area contributed by atoms with Crippen molar-refractivity contribution in [3.8, 4) is 0 Å². The van der Waals surface area contributed by atoms with E-state index in [1.807, 2.05) is 23.1 Å². The molecule has 0 bridgehead atoms. The fourth-order valence-corrected chi connectivity index (χ4v) is 3.87. The second-order valence-electron chi connectivity index (χ2n) is 3.87. The zero-order valence-corrected chi connectivity index (χ0v) is 11.2. The van der Waals surface area contributed by atoms with Gasteiger partial charge in [0.2, 0.25) is 0 Å². The summed E-state index contributed by atoms with van der Waals surface area (Å²) in [5, 5.41) is 2.62. The van der Waals surface area contributed by atoms with Gasteiger partial charge in [0.15, 0.2) is 0 Å². The highest BCUT2D eigenvalue weighted by Crippen LogP contribution is 2.34. The molecule has 0 aliphatic heterocycles. The minimum Gasteiger partial charge on any atom is -0.327 e. The van der Waals surface area contributed by atoms with Crippen LogP contribution < -0.4 is 5.73 Å². The molecule has 0 spiro atoms. The third-order valence-electron chi connectivity index (χ3n) is 2.35. The van der Waals surface area contributed by atoms with E-state index in [-0.39, 0.29) is 6.04 Å². The molecular weight excluding hydrogens is 222 g/mol. The van der Waals surface area contributed by atoms with Gasteiger partial charge in [-0.3, -0.25) is 0 Å². The first-order valence-corrected chi connectivity index (χ1v) is 7.59. The number of unbranched alkanes of at least 4 members (excludes halogenated alkanes) is 2. The monoisotopic (exact) mass is 243 g/mol. The van der Waals surface area contributed by atoms with Gasteiger partial charge in [0.25, 0.3) is 0 Å². The maximum Gasteiger partial charge on any atom is 0.0539 e. The molecule has 86 valence electrons. The second-order valence-corrected chi connectivity index (χ2v) is 6.10. The molecule has 0 saturated heterocycles. The SMILES string of the molecule is CCCCCSC(c1cccs1)C(C)N. The van der Waals surface area contributed by atoms with Gasteiger partial charge < -0.3 is 5.73 Å². The van der Waals surface area contributed by atoms with Crippen molar-refractivity contribution >= 4 is 23.1 Å². The van der Waals surface area contributed by atoms with Crippen LogP contribution in [-0.2, 0) is 0 Å². The maximum atomic E-state index is 6.03. The molecule has 0 aliphatic rings. The van der Waals surface area contributed by atoms with Crippen molar-refractivity contribution in [3.63, 3.8) is 0 Å². The van der Waals surface area contributed by atoms with Crippen molar-refractivity contribution in [2.75, 3.05) is 5.75 Å². The molecule has 2 unspecified atom stereocenters. The van der Waals surface area contributed by atoms with Crippen LogP contribution in [0.3, 0.4) is 0 Å². The standard InChI is InChI=1S/C12H21NS2/c1-3-4-5-8-15-12(10(2)13)11-7-6-9-14-11/h6-7,9-10,12H,3-5,8,13H2,1-2H3. The molecule has 2 atom stereocenters. The summed E-state index contributed by atoms with van der Waals surface area (Å²) in [6.45, 7) is 4.35. The molecule has 1 aromatic rings. The largest absolute Gasteiger partial charge is 0.327 e. The molecule has 2 N–H and O–H groups in total. The highest BCUT2D eigenvalue weighted by molar-refractivity contribution is 7.99. The topological polar surface area (TPSA) is 26.0 Å². The Hall–Kier alpha value is 0.01000. The Morgan fingerprint density at radius 2 is 2.27 bits per heavy atom. The Labute approximate surface area is 101 Å². The summed E-state index contributed by atoms with van der Waals surface area (Å²) in [5.41, 5.74) is 6.03. The van der Waals surface area contributed by atoms with E-state index in [1.165, 1.54) is 29.9 Å². The predicted molar refractivity (Wildman–Crippen MR) is 72.7 cm³/mol. The minimum atomic E-state index is 0.246. The van der Waals surface area contributed by atoms with Gasteiger partial charge in [-0.1, -0.05) is 25.8 Å². The van der Waals surface area contributed by atoms with Crippen LogP contribution >= 0.6 is 23.1 Å². The molecule has 1 heterocycles. The Morgan fingerprint density at radius 1 is 1.47 bits per heavy atom. The maximum absolute atomic E-state index is 6.03. The van der Waals surface area contributed by atoms with Gasteiger partial charge in [0.05, 0.1) is 5.25 Å². The minimum absolute atomic E-state index is 0.246. The molecule has 3 heteroatoms. The smallest absolute Gasteiger partial charge is 0.0539 e. The third kappa shape index (κ3) is 4.58. The Bertz CT molecular complexity index is 244. The van der Waals surface area contributed by atoms with E-state index < -0.39 is 0 Å². The summed E-state index contributed by atoms with van der Waals surface area (Å²) in [6, 6.07) is 4.56. The molecule has 1 rings (SSSR count). The molecule has 1 aromatic heterocycles. The Morgan fingerprint density at radius 3 is 2.80 bits per heavy atom. The summed E-state index contributed by atoms with van der Waals surface area (Å²) < 4.78 is 0. The lowest BCUT2D eigenvalue weighted by Gasteiger charge is -2.18. The molecule has 0 saturated carbocycles. The van der Waals surface area contributed by atoms with Gasteiger partial charge in [0, 0.05) is 10.9 Å². The first kappa shape index (κ1) is 13.1. The predicted octanol–water partition coefficient (Wildman–Crippen LogP) is 4.06. The van der Waals surface area contributed by atoms with Gasteiger partial charge in [-0.25, -0.2) is 0 Å². The van der Waals surface area contributed by atoms with Crippen molar-refractivity contribution in [2.45, 2.75) is 44.4 Å². The van der Waals surface area contributed by atoms with Crippen molar-refractivity contribution in [2.24, 2.45) is 5.73 Å². The Balaban J connectivity index is 2.39. The third-order valence-corrected chi connectivity index (χ3v) is 5.02. The molecule has 0 amide bonds. The summed E-state index contributed by atoms with van der Waals surface area (Å²) >= 11 is 3.84. The van der Waals surface area contributed by atoms with Gasteiger partial charge >= 0.3 is 0 Å². The van der Waals surface area contributed by atoms with Crippen LogP contribution in [0, 0.1) is 0 Å². The van der Waals surface area contributed by atoms with Gasteiger partial charge in [-0.05, 0) is 30.5 Å². The lowest BCUT2D eigenvalue weighted by Crippen LogP contribution is -2.22. The van der Waals surface area contributed by atoms with Crippen LogP contribution in [0.15, 0.2) is 17.5 Å². The number of nitrogens with two attached hydrogens (primary N) is 1. The number of thioether (sulfide) groups is 1. The molecule has 0 aromatic carbocycles. The van der Waals surface area contributed by atoms with Crippen LogP contribution in [0.4, 0.5) is 0 Å². The molecule has 1 nitrogen and oxygen atoms in total. The van der Waals surface area contributed by atoms with E-state index in [4.69, 9.17) is 5.73 Å². The van der Waals surface area contributed by atoms with Crippen LogP contribution in [0.5, 0.6) is 0 Å². The van der Waals surface area contributed by atoms with E-state index >= 15 is 0 Å². The fraction of sp³-hybridized carbons (Fsp3) is 0.667. The van der Waals surface area contributed by atoms with Crippen LogP contribution in [-0.4, -0.2) is 11.8 Å². The van der Waals surface area contributed by atoms with Gasteiger partial charge in [0.1, 0.15) is 0 Å². The van der Waals surface area contributed by atoms with Crippen LogP contribution in [0.25, 0.3) is 0 Å². The van der Waals surface area contributed by atoms with E-state index in [0.29, 0.717) is 5.25 Å². The van der Waals surface area contributed by atoms with Crippen molar-refractivity contribution in [1.82, 2.24) is 0 Å². The van der Waals surface area contributed by atoms with Crippen molar-refractivity contribution in [3.05, 3.63) is 22.4 Å². The second kappa shape index (κ2) is 7.31. The molecular formula is C12H21NS2. The first-order chi connectivity index (χ1) is 7.25. The van der Waals surface area contributed by atoms with E-state index in [0.717, 1.165) is 0 Å². The highest BCUT2D eigenvalue weighted by Gasteiger charge is 2.16. The van der Waals surface area contributed by atoms with Crippen molar-refractivity contribution in [1.29, 1.82) is 0 Å². The zero-order chi connectivity index (χ0) is 11.1. The zero-order valence-electron chi connectivity index (χ0n) is 9.61. The average Bonchev–Trinajstić information content (AvgIpc) is 2.70. The molecule has 0 radical (unpaired) electrons. The summed E-state index contributed by atoms with van der Waals surface area (Å²) in [5.74, 6) is 1.23. The molecule has 0 aliphatic carbocycles. The van der Waals surface area contributed by atoms with E-state index in [1.54, 1.807) is 0 Å². The first-order valence-electron chi connectivity index (χ1n) is 5.66. The average molecular weight is 243 g/mol. The van der Waals surface area contributed by atoms with Gasteiger partial charge in [-0.2, -0.15) is 11.8 Å². The number of rotatable bonds is 7. The summed E-state index contributed by atoms with van der Waals surface area (Å²) in [7, 11) is 0. The van der Waals surface area contributed by atoms with Crippen molar-refractivity contribution < 1.29 is 0 Å². The van der Waals surface area contributed by atoms with Crippen LogP contribution in [0.1, 0.15) is 43.2 Å². The number of hydrogen-bond acceptors (Lipinski definition) is 3. The van der Waals surface area contributed by atoms with E-state index in [2.05, 4.69) is 31.4 Å². The lowest BCUT2D eigenvalue weighted by atomic mass is 10.2. The van der Waals surface area contributed by atoms with Gasteiger partial charge in [-0.15, -0.1) is 11.3 Å². The van der Waals surface area contributed by atoms with Crippen LogP contribution in [0.2, 0.25) is 0 Å². The highest BCUT2D eigenvalue weighted by atomic mass is 32.2. The molecule has 15 heavy (non-hydrogen) atoms. The fourth-order valence-electron chi connectivity index (χ4n) is 1.51.